The Morgan fingerprint density at radius 3 is 2.50 bits per heavy atom. The van der Waals surface area contributed by atoms with E-state index < -0.39 is 0 Å². The van der Waals surface area contributed by atoms with Crippen LogP contribution in [0.4, 0.5) is 0 Å². The third kappa shape index (κ3) is 3.10. The van der Waals surface area contributed by atoms with Crippen molar-refractivity contribution in [3.05, 3.63) is 23.8 Å². The van der Waals surface area contributed by atoms with Crippen molar-refractivity contribution in [3.8, 4) is 11.5 Å². The van der Waals surface area contributed by atoms with Gasteiger partial charge >= 0.3 is 5.97 Å². The zero-order valence-corrected chi connectivity index (χ0v) is 11.8. The van der Waals surface area contributed by atoms with E-state index in [1.54, 1.807) is 18.2 Å². The largest absolute Gasteiger partial charge is 0.497 e. The standard InChI is InChI=1S/C15H18O5/c1-9-6-11(9)15(17)20-8-13(16)12-7-10(18-2)4-5-14(12)19-3/h4-5,7,9,11H,6,8H2,1-3H3/t9-,11+/m0/s1. The molecule has 0 aliphatic heterocycles. The van der Waals surface area contributed by atoms with E-state index in [1.807, 2.05) is 6.92 Å². The van der Waals surface area contributed by atoms with Crippen LogP contribution in [-0.2, 0) is 9.53 Å². The summed E-state index contributed by atoms with van der Waals surface area (Å²) in [6.45, 7) is 1.71. The molecular weight excluding hydrogens is 260 g/mol. The highest BCUT2D eigenvalue weighted by Crippen LogP contribution is 2.38. The van der Waals surface area contributed by atoms with Crippen molar-refractivity contribution in [2.75, 3.05) is 20.8 Å². The maximum Gasteiger partial charge on any atom is 0.309 e. The third-order valence-electron chi connectivity index (χ3n) is 3.46. The minimum Gasteiger partial charge on any atom is -0.497 e. The van der Waals surface area contributed by atoms with Crippen molar-refractivity contribution in [1.82, 2.24) is 0 Å². The fraction of sp³-hybridized carbons (Fsp3) is 0.467. The molecule has 0 N–H and O–H groups in total. The molecule has 2 rings (SSSR count). The van der Waals surface area contributed by atoms with Gasteiger partial charge in [0.05, 0.1) is 25.7 Å². The zero-order chi connectivity index (χ0) is 14.7. The minimum atomic E-state index is -0.303. The van der Waals surface area contributed by atoms with E-state index >= 15 is 0 Å². The fourth-order valence-corrected chi connectivity index (χ4v) is 2.00. The maximum atomic E-state index is 12.1. The average Bonchev–Trinajstić information content (AvgIpc) is 3.20. The first-order valence-electron chi connectivity index (χ1n) is 6.48. The molecule has 5 heteroatoms. The van der Waals surface area contributed by atoms with Gasteiger partial charge in [-0.3, -0.25) is 9.59 Å². The number of ketones is 1. The number of hydrogen-bond donors (Lipinski definition) is 0. The highest BCUT2D eigenvalue weighted by Gasteiger charge is 2.40. The summed E-state index contributed by atoms with van der Waals surface area (Å²) >= 11 is 0. The van der Waals surface area contributed by atoms with Crippen LogP contribution in [0.5, 0.6) is 11.5 Å². The Hall–Kier alpha value is -2.04. The summed E-state index contributed by atoms with van der Waals surface area (Å²) in [7, 11) is 3.00. The van der Waals surface area contributed by atoms with Gasteiger partial charge in [0, 0.05) is 0 Å². The minimum absolute atomic E-state index is 0.0463. The molecule has 20 heavy (non-hydrogen) atoms. The predicted molar refractivity (Wildman–Crippen MR) is 72.1 cm³/mol. The van der Waals surface area contributed by atoms with E-state index in [4.69, 9.17) is 14.2 Å². The first kappa shape index (κ1) is 14.4. The van der Waals surface area contributed by atoms with Crippen molar-refractivity contribution >= 4 is 11.8 Å². The van der Waals surface area contributed by atoms with Crippen molar-refractivity contribution in [2.45, 2.75) is 13.3 Å². The van der Waals surface area contributed by atoms with E-state index in [0.717, 1.165) is 6.42 Å². The van der Waals surface area contributed by atoms with Gasteiger partial charge in [-0.15, -0.1) is 0 Å². The number of rotatable bonds is 6. The number of hydrogen-bond acceptors (Lipinski definition) is 5. The lowest BCUT2D eigenvalue weighted by Crippen LogP contribution is -2.16. The Balaban J connectivity index is 2.02. The molecule has 0 heterocycles. The number of esters is 1. The van der Waals surface area contributed by atoms with Crippen LogP contribution in [0.1, 0.15) is 23.7 Å². The van der Waals surface area contributed by atoms with Crippen LogP contribution in [0.15, 0.2) is 18.2 Å². The van der Waals surface area contributed by atoms with E-state index in [9.17, 15) is 9.59 Å². The average molecular weight is 278 g/mol. The third-order valence-corrected chi connectivity index (χ3v) is 3.46. The molecule has 0 bridgehead atoms. The van der Waals surface area contributed by atoms with Gasteiger partial charge in [0.25, 0.3) is 0 Å². The summed E-state index contributed by atoms with van der Waals surface area (Å²) in [4.78, 5) is 23.7. The van der Waals surface area contributed by atoms with Crippen molar-refractivity contribution in [1.29, 1.82) is 0 Å². The number of carbonyl (C=O) groups excluding carboxylic acids is 2. The lowest BCUT2D eigenvalue weighted by Gasteiger charge is -2.10. The van der Waals surface area contributed by atoms with Crippen molar-refractivity contribution in [2.24, 2.45) is 11.8 Å². The smallest absolute Gasteiger partial charge is 0.309 e. The van der Waals surface area contributed by atoms with Gasteiger partial charge in [-0.1, -0.05) is 6.92 Å². The molecule has 0 aromatic heterocycles. The highest BCUT2D eigenvalue weighted by molar-refractivity contribution is 6.00. The first-order valence-corrected chi connectivity index (χ1v) is 6.48. The number of carbonyl (C=O) groups is 2. The summed E-state index contributed by atoms with van der Waals surface area (Å²) in [5.74, 6) is 0.706. The molecule has 1 aromatic rings. The highest BCUT2D eigenvalue weighted by atomic mass is 16.5. The molecule has 1 aromatic carbocycles. The van der Waals surface area contributed by atoms with Crippen LogP contribution >= 0.6 is 0 Å². The lowest BCUT2D eigenvalue weighted by molar-refractivity contribution is -0.144. The van der Waals surface area contributed by atoms with Crippen LogP contribution < -0.4 is 9.47 Å². The van der Waals surface area contributed by atoms with E-state index in [1.165, 1.54) is 14.2 Å². The summed E-state index contributed by atoms with van der Waals surface area (Å²) in [5.41, 5.74) is 0.350. The monoisotopic (exact) mass is 278 g/mol. The van der Waals surface area contributed by atoms with E-state index in [-0.39, 0.29) is 24.3 Å². The zero-order valence-electron chi connectivity index (χ0n) is 11.8. The number of ether oxygens (including phenoxy) is 3. The first-order chi connectivity index (χ1) is 9.56. The molecule has 0 unspecified atom stereocenters. The van der Waals surface area contributed by atoms with Gasteiger partial charge in [-0.25, -0.2) is 0 Å². The SMILES string of the molecule is COc1ccc(OC)c(C(=O)COC(=O)[C@@H]2C[C@@H]2C)c1. The Morgan fingerprint density at radius 2 is 1.95 bits per heavy atom. The molecule has 0 radical (unpaired) electrons. The fourth-order valence-electron chi connectivity index (χ4n) is 2.00. The molecule has 0 spiro atoms. The van der Waals surface area contributed by atoms with Gasteiger partial charge < -0.3 is 14.2 Å². The van der Waals surface area contributed by atoms with Crippen molar-refractivity contribution in [3.63, 3.8) is 0 Å². The molecule has 0 amide bonds. The predicted octanol–water partition coefficient (Wildman–Crippen LogP) is 2.09. The Morgan fingerprint density at radius 1 is 1.25 bits per heavy atom. The second-order valence-electron chi connectivity index (χ2n) is 4.92. The van der Waals surface area contributed by atoms with Crippen molar-refractivity contribution < 1.29 is 23.8 Å². The molecule has 1 aliphatic rings. The second-order valence-corrected chi connectivity index (χ2v) is 4.92. The van der Waals surface area contributed by atoms with Gasteiger partial charge in [0.15, 0.2) is 6.61 Å². The molecule has 1 aliphatic carbocycles. The molecule has 2 atom stereocenters. The summed E-state index contributed by atoms with van der Waals surface area (Å²) < 4.78 is 15.3. The van der Waals surface area contributed by atoms with Crippen LogP contribution in [-0.4, -0.2) is 32.6 Å². The summed E-state index contributed by atoms with van der Waals surface area (Å²) in [5, 5.41) is 0. The van der Waals surface area contributed by atoms with Crippen LogP contribution in [0, 0.1) is 11.8 Å². The maximum absolute atomic E-state index is 12.1. The molecule has 108 valence electrons. The van der Waals surface area contributed by atoms with Gasteiger partial charge in [0.1, 0.15) is 11.5 Å². The number of benzene rings is 1. The summed E-state index contributed by atoms with van der Waals surface area (Å²) in [6.07, 6.45) is 0.843. The van der Waals surface area contributed by atoms with Crippen LogP contribution in [0.3, 0.4) is 0 Å². The second kappa shape index (κ2) is 5.94. The molecule has 1 fully saturated rings. The Kier molecular flexibility index (Phi) is 4.27. The van der Waals surface area contributed by atoms with E-state index in [0.29, 0.717) is 23.0 Å². The Bertz CT molecular complexity index is 523. The van der Waals surface area contributed by atoms with Crippen LogP contribution in [0.25, 0.3) is 0 Å². The molecular formula is C15H18O5. The molecule has 5 nitrogen and oxygen atoms in total. The van der Waals surface area contributed by atoms with Gasteiger partial charge in [-0.05, 0) is 30.5 Å². The number of methoxy groups -OCH3 is 2. The van der Waals surface area contributed by atoms with Gasteiger partial charge in [0.2, 0.25) is 5.78 Å². The van der Waals surface area contributed by atoms with E-state index in [2.05, 4.69) is 0 Å². The normalized spacial score (nSPS) is 20.1. The molecule has 0 saturated heterocycles. The quantitative estimate of drug-likeness (QED) is 0.589. The Labute approximate surface area is 117 Å². The van der Waals surface area contributed by atoms with Crippen LogP contribution in [0.2, 0.25) is 0 Å². The lowest BCUT2D eigenvalue weighted by atomic mass is 10.1. The molecule has 1 saturated carbocycles. The van der Waals surface area contributed by atoms with Gasteiger partial charge in [-0.2, -0.15) is 0 Å². The summed E-state index contributed by atoms with van der Waals surface area (Å²) in [6, 6.07) is 4.93. The topological polar surface area (TPSA) is 61.8 Å². The number of Topliss-reactive ketones (excluding diaryl/α,β-unsaturated/α-hetero) is 1.